The number of benzene rings is 2. The molecule has 1 aliphatic rings. The summed E-state index contributed by atoms with van der Waals surface area (Å²) in [4.78, 5) is 16.0. The average molecular weight is 374 g/mol. The average Bonchev–Trinajstić information content (AvgIpc) is 3.24. The van der Waals surface area contributed by atoms with Crippen LogP contribution in [0.4, 0.5) is 10.2 Å². The standard InChI is InChI=1S/C21H17FN5O/c22-16-9-7-14(8-10-16)20-25-21(28-26-20)15-4-3-11-27(13-15)19-12-23-17-5-1-2-6-18(17)24-19/h2,5-10,12,15H,3-4,11,13H2/t15-/m0/s1. The van der Waals surface area contributed by atoms with Crippen LogP contribution in [0, 0.1) is 11.9 Å². The van der Waals surface area contributed by atoms with E-state index in [0.717, 1.165) is 48.3 Å². The summed E-state index contributed by atoms with van der Waals surface area (Å²) in [7, 11) is 0. The molecule has 0 amide bonds. The van der Waals surface area contributed by atoms with Gasteiger partial charge in [0.15, 0.2) is 0 Å². The van der Waals surface area contributed by atoms with Gasteiger partial charge in [0.2, 0.25) is 11.7 Å². The summed E-state index contributed by atoms with van der Waals surface area (Å²) in [6, 6.07) is 14.7. The van der Waals surface area contributed by atoms with Crippen LogP contribution >= 0.6 is 0 Å². The largest absolute Gasteiger partial charge is 0.355 e. The van der Waals surface area contributed by atoms with Crippen LogP contribution in [0.3, 0.4) is 0 Å². The Morgan fingerprint density at radius 3 is 2.89 bits per heavy atom. The van der Waals surface area contributed by atoms with Crippen molar-refractivity contribution in [2.75, 3.05) is 18.0 Å². The third kappa shape index (κ3) is 3.19. The van der Waals surface area contributed by atoms with Gasteiger partial charge < -0.3 is 9.42 Å². The van der Waals surface area contributed by atoms with Gasteiger partial charge in [-0.1, -0.05) is 11.2 Å². The maximum absolute atomic E-state index is 13.1. The van der Waals surface area contributed by atoms with Gasteiger partial charge in [-0.25, -0.2) is 9.37 Å². The first-order valence-electron chi connectivity index (χ1n) is 9.23. The third-order valence-corrected chi connectivity index (χ3v) is 5.01. The molecule has 2 aromatic carbocycles. The Labute approximate surface area is 161 Å². The van der Waals surface area contributed by atoms with E-state index in [9.17, 15) is 4.39 Å². The van der Waals surface area contributed by atoms with Crippen molar-refractivity contribution in [1.82, 2.24) is 20.1 Å². The number of hydrogen-bond donors (Lipinski definition) is 0. The van der Waals surface area contributed by atoms with E-state index in [0.29, 0.717) is 11.7 Å². The molecule has 6 nitrogen and oxygen atoms in total. The summed E-state index contributed by atoms with van der Waals surface area (Å²) in [5.74, 6) is 1.77. The van der Waals surface area contributed by atoms with Crippen LogP contribution in [-0.4, -0.2) is 33.2 Å². The van der Waals surface area contributed by atoms with Crippen molar-refractivity contribution in [2.24, 2.45) is 0 Å². The van der Waals surface area contributed by atoms with Gasteiger partial charge in [0, 0.05) is 18.7 Å². The molecule has 139 valence electrons. The smallest absolute Gasteiger partial charge is 0.231 e. The van der Waals surface area contributed by atoms with Gasteiger partial charge in [-0.3, -0.25) is 4.98 Å². The van der Waals surface area contributed by atoms with E-state index in [1.807, 2.05) is 18.2 Å². The van der Waals surface area contributed by atoms with Gasteiger partial charge in [-0.05, 0) is 55.3 Å². The van der Waals surface area contributed by atoms with Gasteiger partial charge in [0.25, 0.3) is 0 Å². The fraction of sp³-hybridized carbons (Fsp3) is 0.238. The van der Waals surface area contributed by atoms with Crippen LogP contribution in [0.15, 0.2) is 53.2 Å². The van der Waals surface area contributed by atoms with Crippen molar-refractivity contribution in [3.8, 4) is 11.4 Å². The minimum absolute atomic E-state index is 0.122. The lowest BCUT2D eigenvalue weighted by Gasteiger charge is -2.31. The molecule has 1 aliphatic heterocycles. The zero-order valence-corrected chi connectivity index (χ0v) is 15.0. The van der Waals surface area contributed by atoms with Gasteiger partial charge in [-0.2, -0.15) is 4.98 Å². The highest BCUT2D eigenvalue weighted by Crippen LogP contribution is 2.30. The van der Waals surface area contributed by atoms with Crippen molar-refractivity contribution in [2.45, 2.75) is 18.8 Å². The first-order chi connectivity index (χ1) is 13.8. The number of rotatable bonds is 3. The number of anilines is 1. The molecule has 4 aromatic rings. The van der Waals surface area contributed by atoms with Crippen molar-refractivity contribution in [3.05, 3.63) is 66.4 Å². The molecule has 28 heavy (non-hydrogen) atoms. The lowest BCUT2D eigenvalue weighted by Crippen LogP contribution is -2.35. The predicted molar refractivity (Wildman–Crippen MR) is 102 cm³/mol. The monoisotopic (exact) mass is 374 g/mol. The van der Waals surface area contributed by atoms with E-state index < -0.39 is 0 Å². The zero-order valence-electron chi connectivity index (χ0n) is 15.0. The second-order valence-corrected chi connectivity index (χ2v) is 6.89. The van der Waals surface area contributed by atoms with Crippen LogP contribution in [0.2, 0.25) is 0 Å². The topological polar surface area (TPSA) is 67.9 Å². The van der Waals surface area contributed by atoms with E-state index in [4.69, 9.17) is 9.51 Å². The molecule has 3 heterocycles. The van der Waals surface area contributed by atoms with Crippen LogP contribution in [-0.2, 0) is 0 Å². The summed E-state index contributed by atoms with van der Waals surface area (Å²) in [6.07, 6.45) is 3.77. The molecule has 0 N–H and O–H groups in total. The van der Waals surface area contributed by atoms with E-state index in [2.05, 4.69) is 26.1 Å². The number of nitrogens with zero attached hydrogens (tertiary/aromatic N) is 5. The van der Waals surface area contributed by atoms with Crippen molar-refractivity contribution in [3.63, 3.8) is 0 Å². The van der Waals surface area contributed by atoms with Crippen LogP contribution < -0.4 is 4.90 Å². The maximum atomic E-state index is 13.1. The Hall–Kier alpha value is -3.35. The Bertz CT molecular complexity index is 1110. The summed E-state index contributed by atoms with van der Waals surface area (Å²) in [5, 5.41) is 4.07. The molecule has 7 heteroatoms. The summed E-state index contributed by atoms with van der Waals surface area (Å²) >= 11 is 0. The normalized spacial score (nSPS) is 17.2. The molecule has 1 saturated heterocycles. The Morgan fingerprint density at radius 2 is 2.00 bits per heavy atom. The molecule has 1 fully saturated rings. The van der Waals surface area contributed by atoms with Gasteiger partial charge in [0.05, 0.1) is 23.1 Å². The number of fused-ring (bicyclic) bond motifs is 1. The maximum Gasteiger partial charge on any atom is 0.231 e. The number of piperidine rings is 1. The highest BCUT2D eigenvalue weighted by atomic mass is 19.1. The Balaban J connectivity index is 1.37. The van der Waals surface area contributed by atoms with Crippen LogP contribution in [0.25, 0.3) is 22.4 Å². The quantitative estimate of drug-likeness (QED) is 0.540. The number of halogens is 1. The summed E-state index contributed by atoms with van der Waals surface area (Å²) in [5.41, 5.74) is 2.43. The number of aromatic nitrogens is 4. The van der Waals surface area contributed by atoms with E-state index in [1.165, 1.54) is 12.1 Å². The van der Waals surface area contributed by atoms with Gasteiger partial charge >= 0.3 is 0 Å². The van der Waals surface area contributed by atoms with Crippen molar-refractivity contribution in [1.29, 1.82) is 0 Å². The van der Waals surface area contributed by atoms with Crippen LogP contribution in [0.1, 0.15) is 24.7 Å². The fourth-order valence-electron chi connectivity index (χ4n) is 3.55. The molecular formula is C21H17FN5O. The van der Waals surface area contributed by atoms with Crippen LogP contribution in [0.5, 0.6) is 0 Å². The summed E-state index contributed by atoms with van der Waals surface area (Å²) < 4.78 is 18.6. The lowest BCUT2D eigenvalue weighted by molar-refractivity contribution is 0.333. The SMILES string of the molecule is Fc1ccc(-c2noc([C@H]3CCCN(c4cnc5c[c]ccc5n4)C3)n2)cc1. The minimum atomic E-state index is -0.287. The molecule has 0 unspecified atom stereocenters. The Morgan fingerprint density at radius 1 is 1.11 bits per heavy atom. The second-order valence-electron chi connectivity index (χ2n) is 6.89. The third-order valence-electron chi connectivity index (χ3n) is 5.01. The number of hydrogen-bond acceptors (Lipinski definition) is 6. The highest BCUT2D eigenvalue weighted by Gasteiger charge is 2.27. The van der Waals surface area contributed by atoms with E-state index in [-0.39, 0.29) is 11.7 Å². The predicted octanol–water partition coefficient (Wildman–Crippen LogP) is 4.00. The molecule has 0 aliphatic carbocycles. The van der Waals surface area contributed by atoms with Crippen molar-refractivity contribution >= 4 is 16.9 Å². The molecule has 1 radical (unpaired) electrons. The lowest BCUT2D eigenvalue weighted by atomic mass is 9.98. The van der Waals surface area contributed by atoms with E-state index >= 15 is 0 Å². The van der Waals surface area contributed by atoms with Crippen molar-refractivity contribution < 1.29 is 8.91 Å². The molecule has 1 atom stereocenters. The van der Waals surface area contributed by atoms with Gasteiger partial charge in [-0.15, -0.1) is 0 Å². The van der Waals surface area contributed by atoms with Gasteiger partial charge in [0.1, 0.15) is 11.6 Å². The molecule has 0 bridgehead atoms. The Kier molecular flexibility index (Phi) is 4.20. The molecular weight excluding hydrogens is 357 g/mol. The molecule has 0 spiro atoms. The minimum Gasteiger partial charge on any atom is -0.355 e. The molecule has 2 aromatic heterocycles. The molecule has 0 saturated carbocycles. The first kappa shape index (κ1) is 16.8. The highest BCUT2D eigenvalue weighted by molar-refractivity contribution is 5.75. The summed E-state index contributed by atoms with van der Waals surface area (Å²) in [6.45, 7) is 1.65. The zero-order chi connectivity index (χ0) is 18.9. The van der Waals surface area contributed by atoms with E-state index in [1.54, 1.807) is 18.3 Å². The molecule has 5 rings (SSSR count). The first-order valence-corrected chi connectivity index (χ1v) is 9.23. The fourth-order valence-corrected chi connectivity index (χ4v) is 3.55. The second kappa shape index (κ2) is 6.99.